The molecule has 2 atom stereocenters. The average molecular weight is 216 g/mol. The van der Waals surface area contributed by atoms with E-state index in [1.54, 1.807) is 6.26 Å². The second-order valence-electron chi connectivity index (χ2n) is 3.42. The molecule has 14 heavy (non-hydrogen) atoms. The topological polar surface area (TPSA) is 70.0 Å². The molecule has 4 nitrogen and oxygen atoms in total. The SMILES string of the molecule is CC(C)C(C#N)C(=O)NCCS(C)=O. The molecule has 1 amide bonds. The van der Waals surface area contributed by atoms with Crippen LogP contribution in [0.5, 0.6) is 0 Å². The molecule has 0 spiro atoms. The summed E-state index contributed by atoms with van der Waals surface area (Å²) in [6.07, 6.45) is 1.58. The molecule has 80 valence electrons. The fourth-order valence-corrected chi connectivity index (χ4v) is 1.33. The Morgan fingerprint density at radius 2 is 2.14 bits per heavy atom. The lowest BCUT2D eigenvalue weighted by molar-refractivity contribution is -0.124. The minimum atomic E-state index is -0.905. The number of carbonyl (C=O) groups excluding carboxylic acids is 1. The van der Waals surface area contributed by atoms with Crippen LogP contribution in [0.4, 0.5) is 0 Å². The highest BCUT2D eigenvalue weighted by Gasteiger charge is 2.20. The van der Waals surface area contributed by atoms with Crippen LogP contribution < -0.4 is 5.32 Å². The van der Waals surface area contributed by atoms with Crippen molar-refractivity contribution < 1.29 is 9.00 Å². The molecule has 0 saturated heterocycles. The smallest absolute Gasteiger partial charge is 0.237 e. The van der Waals surface area contributed by atoms with E-state index in [2.05, 4.69) is 5.32 Å². The fourth-order valence-electron chi connectivity index (χ4n) is 0.938. The Morgan fingerprint density at radius 1 is 1.57 bits per heavy atom. The Labute approximate surface area is 87.1 Å². The number of nitrogens with zero attached hydrogens (tertiary/aromatic N) is 1. The molecule has 0 fully saturated rings. The van der Waals surface area contributed by atoms with Crippen molar-refractivity contribution in [1.82, 2.24) is 5.32 Å². The quantitative estimate of drug-likeness (QED) is 0.717. The number of hydrogen-bond acceptors (Lipinski definition) is 3. The van der Waals surface area contributed by atoms with Gasteiger partial charge in [-0.25, -0.2) is 0 Å². The van der Waals surface area contributed by atoms with Crippen LogP contribution in [0.2, 0.25) is 0 Å². The number of nitrogens with one attached hydrogen (secondary N) is 1. The summed E-state index contributed by atoms with van der Waals surface area (Å²) in [5.74, 6) is -0.442. The second-order valence-corrected chi connectivity index (χ2v) is 4.97. The molecular formula is C9H16N2O2S. The average Bonchev–Trinajstić information content (AvgIpc) is 2.03. The van der Waals surface area contributed by atoms with Gasteiger partial charge in [-0.3, -0.25) is 9.00 Å². The van der Waals surface area contributed by atoms with Crippen molar-refractivity contribution in [2.24, 2.45) is 11.8 Å². The predicted octanol–water partition coefficient (Wildman–Crippen LogP) is 0.277. The molecular weight excluding hydrogens is 200 g/mol. The van der Waals surface area contributed by atoms with Crippen molar-refractivity contribution in [3.05, 3.63) is 0 Å². The molecule has 1 N–H and O–H groups in total. The Bertz CT molecular complexity index is 258. The molecule has 5 heteroatoms. The third kappa shape index (κ3) is 4.97. The van der Waals surface area contributed by atoms with Gasteiger partial charge in [0, 0.05) is 29.4 Å². The molecule has 2 unspecified atom stereocenters. The van der Waals surface area contributed by atoms with Crippen molar-refractivity contribution in [1.29, 1.82) is 5.26 Å². The Balaban J connectivity index is 3.95. The first kappa shape index (κ1) is 13.1. The van der Waals surface area contributed by atoms with Gasteiger partial charge in [0.25, 0.3) is 0 Å². The third-order valence-electron chi connectivity index (χ3n) is 1.78. The molecule has 0 aliphatic rings. The molecule has 0 radical (unpaired) electrons. The van der Waals surface area contributed by atoms with Gasteiger partial charge in [-0.15, -0.1) is 0 Å². The van der Waals surface area contributed by atoms with Crippen LogP contribution in [0.3, 0.4) is 0 Å². The van der Waals surface area contributed by atoms with E-state index in [0.717, 1.165) is 0 Å². The fraction of sp³-hybridized carbons (Fsp3) is 0.778. The highest BCUT2D eigenvalue weighted by molar-refractivity contribution is 7.84. The standard InChI is InChI=1S/C9H16N2O2S/c1-7(2)8(6-10)9(12)11-4-5-14(3)13/h7-8H,4-5H2,1-3H3,(H,11,12). The summed E-state index contributed by atoms with van der Waals surface area (Å²) < 4.78 is 10.7. The van der Waals surface area contributed by atoms with E-state index in [1.807, 2.05) is 19.9 Å². The van der Waals surface area contributed by atoms with E-state index in [1.165, 1.54) is 0 Å². The summed E-state index contributed by atoms with van der Waals surface area (Å²) in [5.41, 5.74) is 0. The van der Waals surface area contributed by atoms with E-state index in [9.17, 15) is 9.00 Å². The van der Waals surface area contributed by atoms with Crippen LogP contribution in [0.25, 0.3) is 0 Å². The van der Waals surface area contributed by atoms with E-state index in [0.29, 0.717) is 12.3 Å². The lowest BCUT2D eigenvalue weighted by Gasteiger charge is -2.12. The number of amides is 1. The lowest BCUT2D eigenvalue weighted by Crippen LogP contribution is -2.34. The van der Waals surface area contributed by atoms with Gasteiger partial charge in [-0.1, -0.05) is 13.8 Å². The largest absolute Gasteiger partial charge is 0.354 e. The van der Waals surface area contributed by atoms with Gasteiger partial charge in [-0.2, -0.15) is 5.26 Å². The predicted molar refractivity (Wildman–Crippen MR) is 55.9 cm³/mol. The molecule has 0 rings (SSSR count). The van der Waals surface area contributed by atoms with Crippen molar-refractivity contribution in [2.75, 3.05) is 18.6 Å². The van der Waals surface area contributed by atoms with Crippen LogP contribution >= 0.6 is 0 Å². The minimum absolute atomic E-state index is 0.00660. The van der Waals surface area contributed by atoms with Crippen molar-refractivity contribution >= 4 is 16.7 Å². The summed E-state index contributed by atoms with van der Waals surface area (Å²) in [6, 6.07) is 1.95. The van der Waals surface area contributed by atoms with E-state index < -0.39 is 16.7 Å². The number of carbonyl (C=O) groups is 1. The Kier molecular flexibility index (Phi) is 6.13. The molecule has 0 aliphatic heterocycles. The zero-order valence-electron chi connectivity index (χ0n) is 8.74. The normalized spacial score (nSPS) is 14.5. The van der Waals surface area contributed by atoms with Crippen molar-refractivity contribution in [2.45, 2.75) is 13.8 Å². The number of nitriles is 1. The zero-order chi connectivity index (χ0) is 11.1. The van der Waals surface area contributed by atoms with Gasteiger partial charge < -0.3 is 5.32 Å². The summed E-state index contributed by atoms with van der Waals surface area (Å²) >= 11 is 0. The molecule has 0 aromatic heterocycles. The molecule has 0 saturated carbocycles. The van der Waals surface area contributed by atoms with Crippen LogP contribution in [0.15, 0.2) is 0 Å². The van der Waals surface area contributed by atoms with Gasteiger partial charge in [0.1, 0.15) is 5.92 Å². The highest BCUT2D eigenvalue weighted by atomic mass is 32.2. The first-order chi connectivity index (χ1) is 6.49. The van der Waals surface area contributed by atoms with E-state index in [-0.39, 0.29) is 11.8 Å². The second kappa shape index (κ2) is 6.55. The molecule has 0 aromatic carbocycles. The maximum absolute atomic E-state index is 11.4. The molecule has 0 heterocycles. The van der Waals surface area contributed by atoms with Crippen LogP contribution in [0.1, 0.15) is 13.8 Å². The maximum atomic E-state index is 11.4. The minimum Gasteiger partial charge on any atom is -0.354 e. The van der Waals surface area contributed by atoms with Gasteiger partial charge >= 0.3 is 0 Å². The highest BCUT2D eigenvalue weighted by Crippen LogP contribution is 2.08. The Hall–Kier alpha value is -0.890. The van der Waals surface area contributed by atoms with E-state index >= 15 is 0 Å². The van der Waals surface area contributed by atoms with Crippen LogP contribution in [-0.4, -0.2) is 28.7 Å². The van der Waals surface area contributed by atoms with Crippen LogP contribution in [-0.2, 0) is 15.6 Å². The van der Waals surface area contributed by atoms with Crippen molar-refractivity contribution in [3.63, 3.8) is 0 Å². The van der Waals surface area contributed by atoms with Gasteiger partial charge in [-0.05, 0) is 5.92 Å². The number of hydrogen-bond donors (Lipinski definition) is 1. The van der Waals surface area contributed by atoms with Gasteiger partial charge in [0.15, 0.2) is 0 Å². The summed E-state index contributed by atoms with van der Waals surface area (Å²) in [7, 11) is -0.905. The Morgan fingerprint density at radius 3 is 2.50 bits per heavy atom. The summed E-state index contributed by atoms with van der Waals surface area (Å²) in [6.45, 7) is 4.02. The maximum Gasteiger partial charge on any atom is 0.237 e. The monoisotopic (exact) mass is 216 g/mol. The first-order valence-corrected chi connectivity index (χ1v) is 6.19. The summed E-state index contributed by atoms with van der Waals surface area (Å²) in [4.78, 5) is 11.4. The van der Waals surface area contributed by atoms with Crippen LogP contribution in [0, 0.1) is 23.2 Å². The molecule has 0 aliphatic carbocycles. The first-order valence-electron chi connectivity index (χ1n) is 4.46. The zero-order valence-corrected chi connectivity index (χ0v) is 9.56. The van der Waals surface area contributed by atoms with E-state index in [4.69, 9.17) is 5.26 Å². The number of rotatable bonds is 5. The van der Waals surface area contributed by atoms with Gasteiger partial charge in [0.2, 0.25) is 5.91 Å². The lowest BCUT2D eigenvalue weighted by atomic mass is 9.97. The summed E-state index contributed by atoms with van der Waals surface area (Å²) in [5, 5.41) is 11.3. The van der Waals surface area contributed by atoms with Crippen molar-refractivity contribution in [3.8, 4) is 6.07 Å². The van der Waals surface area contributed by atoms with Gasteiger partial charge in [0.05, 0.1) is 6.07 Å². The third-order valence-corrected chi connectivity index (χ3v) is 2.56. The molecule has 0 aromatic rings. The molecule has 0 bridgehead atoms.